The summed E-state index contributed by atoms with van der Waals surface area (Å²) in [6.45, 7) is 0. The highest BCUT2D eigenvalue weighted by molar-refractivity contribution is 5.98. The Morgan fingerprint density at radius 3 is 1.93 bits per heavy atom. The molecular formula is C35H40N4O2. The highest BCUT2D eigenvalue weighted by Crippen LogP contribution is 2.56. The molecule has 2 aromatic carbocycles. The van der Waals surface area contributed by atoms with Gasteiger partial charge in [0.05, 0.1) is 11.0 Å². The third-order valence-corrected chi connectivity index (χ3v) is 12.1. The second-order valence-corrected chi connectivity index (χ2v) is 15.0. The van der Waals surface area contributed by atoms with Crippen molar-refractivity contribution in [3.8, 4) is 11.4 Å². The molecule has 8 aliphatic rings. The van der Waals surface area contributed by atoms with Crippen molar-refractivity contribution in [2.24, 2.45) is 41.4 Å². The Morgan fingerprint density at radius 2 is 1.29 bits per heavy atom. The second kappa shape index (κ2) is 8.92. The number of imidazole rings is 1. The molecule has 0 radical (unpaired) electrons. The lowest BCUT2D eigenvalue weighted by molar-refractivity contribution is -0.0167. The maximum atomic E-state index is 13.3. The zero-order valence-corrected chi connectivity index (χ0v) is 23.7. The summed E-state index contributed by atoms with van der Waals surface area (Å²) in [5.74, 6) is 6.39. The Balaban J connectivity index is 0.893. The average molecular weight is 549 g/mol. The van der Waals surface area contributed by atoms with Crippen molar-refractivity contribution >= 4 is 22.8 Å². The molecule has 0 saturated heterocycles. The standard InChI is InChI=1S/C35H40N4O2/c40-33(38-31-27-11-19-7-20(13-27)14-28(31)12-19)26-5-6-29-30(15-26)37-32(36-29)24-1-3-25(4-2-24)34(41)39-35-16-21-8-22(17-35)10-23(9-21)18-35/h1-6,15,19-23,27-28,31H,7-14,16-18H2,(H,36,37)(H,38,40)(H,39,41). The van der Waals surface area contributed by atoms with Crippen LogP contribution in [0, 0.1) is 41.4 Å². The number of H-pyrrole nitrogens is 1. The van der Waals surface area contributed by atoms with Crippen LogP contribution >= 0.6 is 0 Å². The van der Waals surface area contributed by atoms with Crippen LogP contribution < -0.4 is 10.6 Å². The quantitative estimate of drug-likeness (QED) is 0.341. The van der Waals surface area contributed by atoms with Crippen LogP contribution in [0.15, 0.2) is 42.5 Å². The van der Waals surface area contributed by atoms with Gasteiger partial charge in [-0.15, -0.1) is 0 Å². The van der Waals surface area contributed by atoms with Crippen LogP contribution in [0.4, 0.5) is 0 Å². The van der Waals surface area contributed by atoms with Crippen molar-refractivity contribution in [3.05, 3.63) is 53.6 Å². The first-order valence-electron chi connectivity index (χ1n) is 16.2. The number of aromatic nitrogens is 2. The molecule has 6 nitrogen and oxygen atoms in total. The third kappa shape index (κ3) is 4.15. The summed E-state index contributed by atoms with van der Waals surface area (Å²) in [7, 11) is 0. The van der Waals surface area contributed by atoms with Gasteiger partial charge in [0, 0.05) is 28.3 Å². The Hall–Kier alpha value is -3.15. The van der Waals surface area contributed by atoms with E-state index in [9.17, 15) is 9.59 Å². The summed E-state index contributed by atoms with van der Waals surface area (Å²) in [4.78, 5) is 34.8. The number of aromatic amines is 1. The molecule has 1 heterocycles. The Labute approximate surface area is 241 Å². The van der Waals surface area contributed by atoms with Crippen LogP contribution in [-0.2, 0) is 0 Å². The first kappa shape index (κ1) is 24.4. The van der Waals surface area contributed by atoms with E-state index in [1.807, 2.05) is 42.5 Å². The number of hydrogen-bond donors (Lipinski definition) is 3. The number of carbonyl (C=O) groups excluding carboxylic acids is 2. The zero-order valence-electron chi connectivity index (χ0n) is 23.7. The molecule has 2 amide bonds. The maximum absolute atomic E-state index is 13.3. The van der Waals surface area contributed by atoms with Crippen molar-refractivity contribution in [2.45, 2.75) is 82.2 Å². The molecule has 0 aliphatic heterocycles. The Bertz CT molecular complexity index is 1470. The van der Waals surface area contributed by atoms with Crippen molar-refractivity contribution < 1.29 is 9.59 Å². The predicted molar refractivity (Wildman–Crippen MR) is 158 cm³/mol. The van der Waals surface area contributed by atoms with Gasteiger partial charge in [0.15, 0.2) is 0 Å². The third-order valence-electron chi connectivity index (χ3n) is 12.1. The van der Waals surface area contributed by atoms with Gasteiger partial charge >= 0.3 is 0 Å². The van der Waals surface area contributed by atoms with E-state index in [2.05, 4.69) is 15.6 Å². The molecular weight excluding hydrogens is 508 g/mol. The smallest absolute Gasteiger partial charge is 0.251 e. The molecule has 0 unspecified atom stereocenters. The van der Waals surface area contributed by atoms with Gasteiger partial charge in [-0.1, -0.05) is 12.1 Å². The number of benzene rings is 2. The van der Waals surface area contributed by atoms with E-state index in [1.54, 1.807) is 0 Å². The fraction of sp³-hybridized carbons (Fsp3) is 0.571. The Kier molecular flexibility index (Phi) is 5.32. The van der Waals surface area contributed by atoms with E-state index in [4.69, 9.17) is 4.98 Å². The van der Waals surface area contributed by atoms with Gasteiger partial charge in [0.25, 0.3) is 11.8 Å². The summed E-state index contributed by atoms with van der Waals surface area (Å²) < 4.78 is 0. The van der Waals surface area contributed by atoms with Crippen molar-refractivity contribution in [1.82, 2.24) is 20.6 Å². The molecule has 6 heteroatoms. The zero-order chi connectivity index (χ0) is 27.3. The molecule has 3 N–H and O–H groups in total. The number of hydrogen-bond acceptors (Lipinski definition) is 3. The van der Waals surface area contributed by atoms with E-state index in [1.165, 1.54) is 51.4 Å². The molecule has 8 fully saturated rings. The van der Waals surface area contributed by atoms with Gasteiger partial charge < -0.3 is 15.6 Å². The van der Waals surface area contributed by atoms with Crippen molar-refractivity contribution in [3.63, 3.8) is 0 Å². The number of rotatable bonds is 5. The van der Waals surface area contributed by atoms with Gasteiger partial charge in [-0.3, -0.25) is 9.59 Å². The number of amides is 2. The molecule has 0 atom stereocenters. The van der Waals surface area contributed by atoms with E-state index in [0.717, 1.165) is 71.3 Å². The van der Waals surface area contributed by atoms with Crippen molar-refractivity contribution in [1.29, 1.82) is 0 Å². The van der Waals surface area contributed by atoms with Gasteiger partial charge in [-0.2, -0.15) is 0 Å². The van der Waals surface area contributed by atoms with Crippen LogP contribution in [0.1, 0.15) is 91.3 Å². The summed E-state index contributed by atoms with van der Waals surface area (Å²) in [5, 5.41) is 6.92. The SMILES string of the molecule is O=C(NC1C2CC3CC(C2)CC1C3)c1ccc2nc(-c3ccc(C(=O)NC45CC6CC(CC(C6)C4)C5)cc3)[nH]c2c1. The van der Waals surface area contributed by atoms with E-state index < -0.39 is 0 Å². The second-order valence-electron chi connectivity index (χ2n) is 15.0. The van der Waals surface area contributed by atoms with Gasteiger partial charge in [0.2, 0.25) is 0 Å². The molecule has 8 aliphatic carbocycles. The largest absolute Gasteiger partial charge is 0.349 e. The summed E-state index contributed by atoms with van der Waals surface area (Å²) in [6.07, 6.45) is 14.2. The fourth-order valence-electron chi connectivity index (χ4n) is 11.0. The summed E-state index contributed by atoms with van der Waals surface area (Å²) in [5.41, 5.74) is 4.06. The monoisotopic (exact) mass is 548 g/mol. The van der Waals surface area contributed by atoms with Crippen LogP contribution in [0.3, 0.4) is 0 Å². The highest BCUT2D eigenvalue weighted by Gasteiger charge is 2.52. The molecule has 8 saturated carbocycles. The van der Waals surface area contributed by atoms with Gasteiger partial charge in [-0.25, -0.2) is 4.98 Å². The molecule has 0 spiro atoms. The molecule has 8 bridgehead atoms. The highest BCUT2D eigenvalue weighted by atomic mass is 16.2. The first-order chi connectivity index (χ1) is 19.9. The summed E-state index contributed by atoms with van der Waals surface area (Å²) in [6, 6.07) is 13.9. The minimum atomic E-state index is 0.0172. The van der Waals surface area contributed by atoms with E-state index in [-0.39, 0.29) is 17.4 Å². The lowest BCUT2D eigenvalue weighted by Crippen LogP contribution is -2.59. The number of carbonyl (C=O) groups is 2. The predicted octanol–water partition coefficient (Wildman–Crippen LogP) is 6.48. The average Bonchev–Trinajstić information content (AvgIpc) is 3.37. The fourth-order valence-corrected chi connectivity index (χ4v) is 11.0. The topological polar surface area (TPSA) is 86.9 Å². The normalized spacial score (nSPS) is 38.0. The lowest BCUT2D eigenvalue weighted by Gasteiger charge is -2.56. The Morgan fingerprint density at radius 1 is 0.707 bits per heavy atom. The molecule has 11 rings (SSSR count). The number of fused-ring (bicyclic) bond motifs is 1. The van der Waals surface area contributed by atoms with E-state index in [0.29, 0.717) is 29.0 Å². The molecule has 41 heavy (non-hydrogen) atoms. The lowest BCUT2D eigenvalue weighted by atomic mass is 9.53. The number of nitrogens with one attached hydrogen (secondary N) is 3. The molecule has 1 aromatic heterocycles. The summed E-state index contributed by atoms with van der Waals surface area (Å²) >= 11 is 0. The molecule has 212 valence electrons. The van der Waals surface area contributed by atoms with Crippen LogP contribution in [0.25, 0.3) is 22.4 Å². The van der Waals surface area contributed by atoms with Gasteiger partial charge in [0.1, 0.15) is 5.82 Å². The van der Waals surface area contributed by atoms with Crippen LogP contribution in [0.2, 0.25) is 0 Å². The van der Waals surface area contributed by atoms with E-state index >= 15 is 0 Å². The maximum Gasteiger partial charge on any atom is 0.251 e. The minimum absolute atomic E-state index is 0.0172. The number of nitrogens with zero attached hydrogens (tertiary/aromatic N) is 1. The first-order valence-corrected chi connectivity index (χ1v) is 16.2. The minimum Gasteiger partial charge on any atom is -0.349 e. The van der Waals surface area contributed by atoms with Crippen LogP contribution in [0.5, 0.6) is 0 Å². The van der Waals surface area contributed by atoms with Crippen molar-refractivity contribution in [2.75, 3.05) is 0 Å². The molecule has 3 aromatic rings. The van der Waals surface area contributed by atoms with Crippen LogP contribution in [-0.4, -0.2) is 33.4 Å². The van der Waals surface area contributed by atoms with Gasteiger partial charge in [-0.05, 0) is 142 Å².